The first-order valence-corrected chi connectivity index (χ1v) is 11.2. The molecule has 0 amide bonds. The second-order valence-electron chi connectivity index (χ2n) is 9.13. The monoisotopic (exact) mass is 406 g/mol. The molecular formula is C29H30N2. The van der Waals surface area contributed by atoms with Crippen LogP contribution >= 0.6 is 0 Å². The van der Waals surface area contributed by atoms with Crippen molar-refractivity contribution in [1.29, 1.82) is 0 Å². The molecular weight excluding hydrogens is 376 g/mol. The Morgan fingerprint density at radius 3 is 2.13 bits per heavy atom. The van der Waals surface area contributed by atoms with Crippen LogP contribution in [0.25, 0.3) is 21.8 Å². The average Bonchev–Trinajstić information content (AvgIpc) is 3.28. The Morgan fingerprint density at radius 1 is 0.774 bits per heavy atom. The minimum absolute atomic E-state index is 0.157. The number of hydrogen-bond donors (Lipinski definition) is 1. The van der Waals surface area contributed by atoms with Crippen LogP contribution < -0.4 is 0 Å². The van der Waals surface area contributed by atoms with Crippen molar-refractivity contribution in [3.8, 4) is 0 Å². The van der Waals surface area contributed by atoms with Gasteiger partial charge in [-0.15, -0.1) is 0 Å². The first kappa shape index (κ1) is 19.7. The van der Waals surface area contributed by atoms with Crippen molar-refractivity contribution in [2.75, 3.05) is 0 Å². The molecule has 1 unspecified atom stereocenters. The molecule has 1 N–H and O–H groups in total. The highest BCUT2D eigenvalue weighted by atomic mass is 15.0. The summed E-state index contributed by atoms with van der Waals surface area (Å²) in [5.74, 6) is 0.157. The Morgan fingerprint density at radius 2 is 1.42 bits per heavy atom. The number of fused-ring (bicyclic) bond motifs is 2. The Kier molecular flexibility index (Phi) is 4.74. The zero-order valence-corrected chi connectivity index (χ0v) is 19.0. The van der Waals surface area contributed by atoms with Crippen molar-refractivity contribution in [3.05, 3.63) is 106 Å². The first-order chi connectivity index (χ1) is 15.0. The highest BCUT2D eigenvalue weighted by molar-refractivity contribution is 5.88. The number of rotatable bonds is 4. The van der Waals surface area contributed by atoms with E-state index < -0.39 is 0 Å². The van der Waals surface area contributed by atoms with Crippen LogP contribution in [0.4, 0.5) is 0 Å². The number of H-pyrrole nitrogens is 1. The van der Waals surface area contributed by atoms with Crippen molar-refractivity contribution in [2.45, 2.75) is 46.6 Å². The van der Waals surface area contributed by atoms with Gasteiger partial charge in [-0.3, -0.25) is 0 Å². The van der Waals surface area contributed by atoms with Crippen molar-refractivity contribution in [1.82, 2.24) is 9.55 Å². The molecule has 5 rings (SSSR count). The quantitative estimate of drug-likeness (QED) is 0.314. The van der Waals surface area contributed by atoms with Crippen molar-refractivity contribution in [2.24, 2.45) is 0 Å². The molecule has 0 fully saturated rings. The highest BCUT2D eigenvalue weighted by Crippen LogP contribution is 2.42. The van der Waals surface area contributed by atoms with Crippen LogP contribution in [0.3, 0.4) is 0 Å². The van der Waals surface area contributed by atoms with Crippen LogP contribution in [0.2, 0.25) is 0 Å². The average molecular weight is 407 g/mol. The van der Waals surface area contributed by atoms with Crippen molar-refractivity contribution < 1.29 is 0 Å². The molecule has 0 aliphatic rings. The van der Waals surface area contributed by atoms with Gasteiger partial charge in [0, 0.05) is 39.7 Å². The van der Waals surface area contributed by atoms with E-state index in [2.05, 4.69) is 117 Å². The number of nitrogens with one attached hydrogen (secondary N) is 1. The van der Waals surface area contributed by atoms with E-state index in [9.17, 15) is 0 Å². The topological polar surface area (TPSA) is 20.7 Å². The first-order valence-electron chi connectivity index (χ1n) is 11.2. The molecule has 0 saturated heterocycles. The zero-order chi connectivity index (χ0) is 21.7. The fraction of sp³-hybridized carbons (Fsp3) is 0.241. The standard InChI is InChI=1S/C29H30N2/c1-18(2)31-27-13-9-7-10-23(27)21(5)29(31)28(22-15-19(3)14-20(4)16-22)25-17-30-26-12-8-6-11-24(25)26/h6-18,28,30H,1-5H3. The smallest absolute Gasteiger partial charge is 0.0517 e. The molecule has 2 heteroatoms. The molecule has 0 aliphatic carbocycles. The number of aromatic amines is 1. The Hall–Kier alpha value is -3.26. The third-order valence-corrected chi connectivity index (χ3v) is 6.51. The van der Waals surface area contributed by atoms with Gasteiger partial charge in [-0.2, -0.15) is 0 Å². The Labute approximate surface area is 184 Å². The van der Waals surface area contributed by atoms with E-state index in [0.717, 1.165) is 0 Å². The van der Waals surface area contributed by atoms with Crippen LogP contribution in [-0.4, -0.2) is 9.55 Å². The number of para-hydroxylation sites is 2. The summed E-state index contributed by atoms with van der Waals surface area (Å²) in [4.78, 5) is 3.53. The molecule has 0 spiro atoms. The molecule has 0 saturated carbocycles. The lowest BCUT2D eigenvalue weighted by Gasteiger charge is -2.25. The molecule has 1 atom stereocenters. The van der Waals surface area contributed by atoms with E-state index in [0.29, 0.717) is 6.04 Å². The van der Waals surface area contributed by atoms with Crippen LogP contribution in [0.1, 0.15) is 59.3 Å². The van der Waals surface area contributed by atoms with Gasteiger partial charge in [0.1, 0.15) is 0 Å². The van der Waals surface area contributed by atoms with Gasteiger partial charge < -0.3 is 9.55 Å². The maximum absolute atomic E-state index is 3.53. The Bertz CT molecular complexity index is 1380. The fourth-order valence-electron chi connectivity index (χ4n) is 5.36. The minimum atomic E-state index is 0.157. The molecule has 31 heavy (non-hydrogen) atoms. The predicted octanol–water partition coefficient (Wildman–Crippen LogP) is 7.81. The molecule has 2 aromatic heterocycles. The third kappa shape index (κ3) is 3.18. The normalized spacial score (nSPS) is 12.8. The van der Waals surface area contributed by atoms with Crippen molar-refractivity contribution in [3.63, 3.8) is 0 Å². The van der Waals surface area contributed by atoms with Gasteiger partial charge in [0.25, 0.3) is 0 Å². The maximum atomic E-state index is 3.53. The Balaban J connectivity index is 1.90. The van der Waals surface area contributed by atoms with E-state index in [1.54, 1.807) is 0 Å². The van der Waals surface area contributed by atoms with E-state index in [1.165, 1.54) is 55.3 Å². The number of nitrogens with zero attached hydrogens (tertiary/aromatic N) is 1. The molecule has 0 bridgehead atoms. The van der Waals surface area contributed by atoms with Crippen LogP contribution in [0.5, 0.6) is 0 Å². The van der Waals surface area contributed by atoms with Crippen LogP contribution in [0.15, 0.2) is 72.9 Å². The summed E-state index contributed by atoms with van der Waals surface area (Å²) in [5.41, 5.74) is 10.6. The summed E-state index contributed by atoms with van der Waals surface area (Å²) in [6, 6.07) is 24.9. The van der Waals surface area contributed by atoms with E-state index in [4.69, 9.17) is 0 Å². The lowest BCUT2D eigenvalue weighted by molar-refractivity contribution is 0.587. The molecule has 3 aromatic carbocycles. The van der Waals surface area contributed by atoms with Crippen molar-refractivity contribution >= 4 is 21.8 Å². The van der Waals surface area contributed by atoms with Gasteiger partial charge in [-0.1, -0.05) is 65.7 Å². The van der Waals surface area contributed by atoms with Crippen LogP contribution in [-0.2, 0) is 0 Å². The second-order valence-corrected chi connectivity index (χ2v) is 9.13. The summed E-state index contributed by atoms with van der Waals surface area (Å²) in [7, 11) is 0. The lowest BCUT2D eigenvalue weighted by atomic mass is 9.84. The zero-order valence-electron chi connectivity index (χ0n) is 19.0. The summed E-state index contributed by atoms with van der Waals surface area (Å²) in [6.07, 6.45) is 2.22. The predicted molar refractivity (Wildman–Crippen MR) is 132 cm³/mol. The van der Waals surface area contributed by atoms with Gasteiger partial charge in [-0.25, -0.2) is 0 Å². The molecule has 0 aliphatic heterocycles. The largest absolute Gasteiger partial charge is 0.361 e. The van der Waals surface area contributed by atoms with Gasteiger partial charge in [0.2, 0.25) is 0 Å². The molecule has 2 nitrogen and oxygen atoms in total. The van der Waals surface area contributed by atoms with Gasteiger partial charge in [-0.05, 0) is 63.4 Å². The van der Waals surface area contributed by atoms with Gasteiger partial charge in [0.15, 0.2) is 0 Å². The summed E-state index contributed by atoms with van der Waals surface area (Å²) >= 11 is 0. The number of aromatic nitrogens is 2. The lowest BCUT2D eigenvalue weighted by Crippen LogP contribution is -2.13. The third-order valence-electron chi connectivity index (χ3n) is 6.51. The highest BCUT2D eigenvalue weighted by Gasteiger charge is 2.28. The number of benzene rings is 3. The summed E-state index contributed by atoms with van der Waals surface area (Å²) in [5, 5.41) is 2.65. The van der Waals surface area contributed by atoms with E-state index in [-0.39, 0.29) is 5.92 Å². The maximum Gasteiger partial charge on any atom is 0.0517 e. The van der Waals surface area contributed by atoms with Gasteiger partial charge >= 0.3 is 0 Å². The second kappa shape index (κ2) is 7.46. The molecule has 156 valence electrons. The van der Waals surface area contributed by atoms with E-state index >= 15 is 0 Å². The summed E-state index contributed by atoms with van der Waals surface area (Å²) < 4.78 is 2.55. The van der Waals surface area contributed by atoms with Gasteiger partial charge in [0.05, 0.1) is 5.92 Å². The summed E-state index contributed by atoms with van der Waals surface area (Å²) in [6.45, 7) is 11.3. The van der Waals surface area contributed by atoms with E-state index in [1.807, 2.05) is 0 Å². The molecule has 2 heterocycles. The fourth-order valence-corrected chi connectivity index (χ4v) is 5.36. The number of aryl methyl sites for hydroxylation is 3. The molecule has 0 radical (unpaired) electrons. The minimum Gasteiger partial charge on any atom is -0.361 e. The SMILES string of the molecule is Cc1cc(C)cc(C(c2c[nH]c3ccccc23)c2c(C)c3ccccc3n2C(C)C)c1. The van der Waals surface area contributed by atoms with Crippen LogP contribution in [0, 0.1) is 20.8 Å². The number of hydrogen-bond acceptors (Lipinski definition) is 0. The molecule has 5 aromatic rings.